The van der Waals surface area contributed by atoms with Gasteiger partial charge in [-0.05, 0) is 30.5 Å². The molecule has 2 fully saturated rings. The minimum atomic E-state index is 0.00107. The first-order valence-corrected chi connectivity index (χ1v) is 10.2. The van der Waals surface area contributed by atoms with Crippen molar-refractivity contribution in [3.05, 3.63) is 54.4 Å². The quantitative estimate of drug-likeness (QED) is 0.723. The van der Waals surface area contributed by atoms with Crippen molar-refractivity contribution in [1.82, 2.24) is 24.7 Å². The highest BCUT2D eigenvalue weighted by Gasteiger charge is 2.37. The molecule has 3 aromatic rings. The number of anilines is 1. The number of amides is 1. The lowest BCUT2D eigenvalue weighted by atomic mass is 9.94. The third-order valence-corrected chi connectivity index (χ3v) is 6.22. The number of hydrogen-bond donors (Lipinski definition) is 1. The van der Waals surface area contributed by atoms with Crippen LogP contribution >= 0.6 is 0 Å². The average molecular weight is 391 g/mol. The highest BCUT2D eigenvalue weighted by molar-refractivity contribution is 5.79. The Hall–Kier alpha value is -3.00. The Bertz CT molecular complexity index is 996. The molecule has 2 saturated heterocycles. The van der Waals surface area contributed by atoms with Crippen LogP contribution in [-0.4, -0.2) is 62.8 Å². The van der Waals surface area contributed by atoms with Gasteiger partial charge in [-0.1, -0.05) is 30.3 Å². The molecule has 5 rings (SSSR count). The van der Waals surface area contributed by atoms with E-state index in [9.17, 15) is 4.79 Å². The molecule has 8 heteroatoms. The lowest BCUT2D eigenvalue weighted by Gasteiger charge is -2.33. The van der Waals surface area contributed by atoms with E-state index in [4.69, 9.17) is 5.73 Å². The second-order valence-electron chi connectivity index (χ2n) is 8.01. The fourth-order valence-electron chi connectivity index (χ4n) is 4.56. The van der Waals surface area contributed by atoms with E-state index in [1.54, 1.807) is 10.8 Å². The van der Waals surface area contributed by atoms with Crippen LogP contribution < -0.4 is 10.6 Å². The summed E-state index contributed by atoms with van der Waals surface area (Å²) in [5, 5.41) is 12.4. The normalized spacial score (nSPS) is 23.1. The Kier molecular flexibility index (Phi) is 4.63. The molecule has 0 unspecified atom stereocenters. The molecule has 2 aromatic heterocycles. The molecule has 2 aliphatic rings. The van der Waals surface area contributed by atoms with Crippen LogP contribution in [-0.2, 0) is 4.79 Å². The van der Waals surface area contributed by atoms with Gasteiger partial charge in [0.05, 0.1) is 0 Å². The number of carbonyl (C=O) groups excluding carboxylic acids is 1. The summed E-state index contributed by atoms with van der Waals surface area (Å²) in [5.41, 5.74) is 8.34. The van der Waals surface area contributed by atoms with Crippen LogP contribution in [0.4, 0.5) is 5.82 Å². The summed E-state index contributed by atoms with van der Waals surface area (Å²) >= 11 is 0. The number of rotatable bonds is 3. The van der Waals surface area contributed by atoms with Gasteiger partial charge in [0.2, 0.25) is 5.91 Å². The van der Waals surface area contributed by atoms with Gasteiger partial charge in [0.25, 0.3) is 0 Å². The van der Waals surface area contributed by atoms with Crippen molar-refractivity contribution in [1.29, 1.82) is 0 Å². The number of likely N-dealkylation sites (tertiary alicyclic amines) is 1. The smallest absolute Gasteiger partial charge is 0.225 e. The fraction of sp³-hybridized carbons (Fsp3) is 0.429. The number of aromatic nitrogens is 4. The van der Waals surface area contributed by atoms with Gasteiger partial charge >= 0.3 is 0 Å². The summed E-state index contributed by atoms with van der Waals surface area (Å²) in [6.07, 6.45) is 3.28. The predicted octanol–water partition coefficient (Wildman–Crippen LogP) is 1.29. The number of hydrogen-bond acceptors (Lipinski definition) is 6. The van der Waals surface area contributed by atoms with Crippen LogP contribution in [0.15, 0.2) is 48.8 Å². The zero-order valence-corrected chi connectivity index (χ0v) is 16.3. The van der Waals surface area contributed by atoms with Crippen LogP contribution in [0.25, 0.3) is 5.65 Å². The Morgan fingerprint density at radius 3 is 2.62 bits per heavy atom. The first kappa shape index (κ1) is 18.1. The largest absolute Gasteiger partial charge is 0.355 e. The second kappa shape index (κ2) is 7.44. The van der Waals surface area contributed by atoms with Crippen molar-refractivity contribution in [3.63, 3.8) is 0 Å². The molecule has 8 nitrogen and oxygen atoms in total. The summed E-state index contributed by atoms with van der Waals surface area (Å²) in [6.45, 7) is 3.00. The first-order valence-electron chi connectivity index (χ1n) is 10.2. The molecule has 0 radical (unpaired) electrons. The molecule has 1 aromatic carbocycles. The number of piperidine rings is 1. The van der Waals surface area contributed by atoms with Crippen LogP contribution in [0.5, 0.6) is 0 Å². The fourth-order valence-corrected chi connectivity index (χ4v) is 4.56. The van der Waals surface area contributed by atoms with Gasteiger partial charge < -0.3 is 15.5 Å². The lowest BCUT2D eigenvalue weighted by Crippen LogP contribution is -2.42. The van der Waals surface area contributed by atoms with Crippen molar-refractivity contribution >= 4 is 17.4 Å². The van der Waals surface area contributed by atoms with Crippen LogP contribution in [0.2, 0.25) is 0 Å². The summed E-state index contributed by atoms with van der Waals surface area (Å²) in [7, 11) is 0. The maximum Gasteiger partial charge on any atom is 0.225 e. The molecule has 2 N–H and O–H groups in total. The molecule has 0 spiro atoms. The van der Waals surface area contributed by atoms with Gasteiger partial charge in [-0.25, -0.2) is 0 Å². The lowest BCUT2D eigenvalue weighted by molar-refractivity contribution is -0.135. The van der Waals surface area contributed by atoms with Gasteiger partial charge in [0.1, 0.15) is 12.1 Å². The van der Waals surface area contributed by atoms with Crippen molar-refractivity contribution in [3.8, 4) is 0 Å². The Balaban J connectivity index is 1.21. The molecule has 150 valence electrons. The van der Waals surface area contributed by atoms with Crippen molar-refractivity contribution in [2.75, 3.05) is 31.1 Å². The number of benzene rings is 1. The van der Waals surface area contributed by atoms with Crippen molar-refractivity contribution in [2.24, 2.45) is 11.7 Å². The monoisotopic (exact) mass is 391 g/mol. The summed E-state index contributed by atoms with van der Waals surface area (Å²) in [4.78, 5) is 17.3. The predicted molar refractivity (Wildman–Crippen MR) is 109 cm³/mol. The van der Waals surface area contributed by atoms with Crippen LogP contribution in [0.3, 0.4) is 0 Å². The number of carbonyl (C=O) groups is 1. The van der Waals surface area contributed by atoms with E-state index in [-0.39, 0.29) is 23.8 Å². The highest BCUT2D eigenvalue weighted by atomic mass is 16.2. The second-order valence-corrected chi connectivity index (χ2v) is 8.01. The Labute approximate surface area is 169 Å². The molecule has 29 heavy (non-hydrogen) atoms. The average Bonchev–Trinajstić information content (AvgIpc) is 3.40. The molecule has 0 bridgehead atoms. The maximum absolute atomic E-state index is 13.1. The SMILES string of the molecule is N[C@@H]1CN(C(=O)C2CCN(c3ccc4nncn4n3)CC2)C[C@H]1c1ccccc1. The van der Waals surface area contributed by atoms with Crippen LogP contribution in [0.1, 0.15) is 24.3 Å². The summed E-state index contributed by atoms with van der Waals surface area (Å²) in [5.74, 6) is 1.43. The van der Waals surface area contributed by atoms with E-state index in [2.05, 4.69) is 32.3 Å². The maximum atomic E-state index is 13.1. The molecule has 1 amide bonds. The van der Waals surface area contributed by atoms with E-state index in [0.717, 1.165) is 43.9 Å². The van der Waals surface area contributed by atoms with E-state index < -0.39 is 0 Å². The van der Waals surface area contributed by atoms with Crippen molar-refractivity contribution in [2.45, 2.75) is 24.8 Å². The van der Waals surface area contributed by atoms with E-state index in [1.165, 1.54) is 5.56 Å². The third-order valence-electron chi connectivity index (χ3n) is 6.22. The molecular formula is C21H25N7O. The third kappa shape index (κ3) is 3.44. The molecule has 4 heterocycles. The van der Waals surface area contributed by atoms with Gasteiger partial charge in [-0.15, -0.1) is 15.3 Å². The molecule has 2 atom stereocenters. The molecular weight excluding hydrogens is 366 g/mol. The van der Waals surface area contributed by atoms with Crippen LogP contribution in [0, 0.1) is 5.92 Å². The topological polar surface area (TPSA) is 92.6 Å². The number of fused-ring (bicyclic) bond motifs is 1. The molecule has 2 aliphatic heterocycles. The Morgan fingerprint density at radius 2 is 1.83 bits per heavy atom. The van der Waals surface area contributed by atoms with Gasteiger partial charge in [-0.3, -0.25) is 4.79 Å². The van der Waals surface area contributed by atoms with E-state index in [1.807, 2.05) is 35.2 Å². The van der Waals surface area contributed by atoms with E-state index in [0.29, 0.717) is 6.54 Å². The molecule has 0 aliphatic carbocycles. The van der Waals surface area contributed by atoms with E-state index >= 15 is 0 Å². The highest BCUT2D eigenvalue weighted by Crippen LogP contribution is 2.30. The van der Waals surface area contributed by atoms with Crippen molar-refractivity contribution < 1.29 is 4.79 Å². The zero-order chi connectivity index (χ0) is 19.8. The number of nitrogens with two attached hydrogens (primary N) is 1. The van der Waals surface area contributed by atoms with Gasteiger partial charge in [0.15, 0.2) is 5.65 Å². The zero-order valence-electron chi connectivity index (χ0n) is 16.3. The Morgan fingerprint density at radius 1 is 1.03 bits per heavy atom. The minimum absolute atomic E-state index is 0.00107. The first-order chi connectivity index (χ1) is 14.2. The van der Waals surface area contributed by atoms with Gasteiger partial charge in [0, 0.05) is 44.1 Å². The summed E-state index contributed by atoms with van der Waals surface area (Å²) in [6, 6.07) is 14.2. The summed E-state index contributed by atoms with van der Waals surface area (Å²) < 4.78 is 1.68. The standard InChI is InChI=1S/C21H25N7O/c22-18-13-27(12-17(18)15-4-2-1-3-5-15)21(29)16-8-10-26(11-9-16)20-7-6-19-24-23-14-28(19)25-20/h1-7,14,16-18H,8-13,22H2/t17-,18+/m0/s1. The van der Waals surface area contributed by atoms with Gasteiger partial charge in [-0.2, -0.15) is 4.52 Å². The molecule has 0 saturated carbocycles. The number of nitrogens with zero attached hydrogens (tertiary/aromatic N) is 6. The minimum Gasteiger partial charge on any atom is -0.355 e.